The van der Waals surface area contributed by atoms with Crippen molar-refractivity contribution < 1.29 is 14.3 Å². The highest BCUT2D eigenvalue weighted by molar-refractivity contribution is 6.08. The second-order valence-corrected chi connectivity index (χ2v) is 5.67. The molecule has 1 aromatic heterocycles. The van der Waals surface area contributed by atoms with Gasteiger partial charge in [0.15, 0.2) is 0 Å². The number of para-hydroxylation sites is 2. The highest BCUT2D eigenvalue weighted by Gasteiger charge is 2.16. The first-order valence-corrected chi connectivity index (χ1v) is 8.09. The van der Waals surface area contributed by atoms with E-state index in [0.717, 1.165) is 10.9 Å². The zero-order valence-corrected chi connectivity index (χ0v) is 14.4. The summed E-state index contributed by atoms with van der Waals surface area (Å²) in [6, 6.07) is 14.4. The third kappa shape index (κ3) is 3.44. The van der Waals surface area contributed by atoms with Gasteiger partial charge >= 0.3 is 0 Å². The monoisotopic (exact) mass is 349 g/mol. The molecule has 2 amide bonds. The number of aryl methyl sites for hydroxylation is 1. The molecule has 0 radical (unpaired) electrons. The first-order valence-electron chi connectivity index (χ1n) is 8.09. The Morgan fingerprint density at radius 2 is 1.69 bits per heavy atom. The number of hydrogen-bond donors (Lipinski definition) is 2. The summed E-state index contributed by atoms with van der Waals surface area (Å²) < 4.78 is 7.33. The van der Waals surface area contributed by atoms with Crippen LogP contribution in [0.3, 0.4) is 0 Å². The van der Waals surface area contributed by atoms with E-state index in [-0.39, 0.29) is 12.5 Å². The first kappa shape index (κ1) is 17.3. The molecule has 0 aliphatic carbocycles. The molecule has 0 unspecified atom stereocenters. The van der Waals surface area contributed by atoms with Crippen LogP contribution in [0.4, 0.5) is 0 Å². The minimum atomic E-state index is -0.460. The van der Waals surface area contributed by atoms with Gasteiger partial charge in [0, 0.05) is 24.1 Å². The van der Waals surface area contributed by atoms with Crippen molar-refractivity contribution in [3.8, 4) is 5.75 Å². The summed E-state index contributed by atoms with van der Waals surface area (Å²) in [6.07, 6.45) is 3.32. The zero-order valence-electron chi connectivity index (χ0n) is 14.4. The topological polar surface area (TPSA) is 72.4 Å². The van der Waals surface area contributed by atoms with Gasteiger partial charge in [-0.25, -0.2) is 0 Å². The third-order valence-corrected chi connectivity index (χ3v) is 3.92. The average Bonchev–Trinajstić information content (AvgIpc) is 3.01. The first-order chi connectivity index (χ1) is 12.6. The second-order valence-electron chi connectivity index (χ2n) is 5.67. The van der Waals surface area contributed by atoms with E-state index in [0.29, 0.717) is 16.9 Å². The van der Waals surface area contributed by atoms with Crippen molar-refractivity contribution in [2.75, 3.05) is 6.61 Å². The van der Waals surface area contributed by atoms with Gasteiger partial charge in [0.25, 0.3) is 11.8 Å². The third-order valence-electron chi connectivity index (χ3n) is 3.92. The highest BCUT2D eigenvalue weighted by atomic mass is 16.5. The van der Waals surface area contributed by atoms with Gasteiger partial charge in [-0.05, 0) is 18.2 Å². The Balaban J connectivity index is 1.73. The van der Waals surface area contributed by atoms with E-state index >= 15 is 0 Å². The van der Waals surface area contributed by atoms with Crippen molar-refractivity contribution in [1.82, 2.24) is 15.4 Å². The highest BCUT2D eigenvalue weighted by Crippen LogP contribution is 2.20. The van der Waals surface area contributed by atoms with Crippen LogP contribution in [0, 0.1) is 0 Å². The van der Waals surface area contributed by atoms with Crippen LogP contribution in [-0.4, -0.2) is 23.0 Å². The Labute approximate surface area is 151 Å². The van der Waals surface area contributed by atoms with E-state index in [2.05, 4.69) is 17.4 Å². The fraction of sp³-hybridized carbons (Fsp3) is 0.100. The van der Waals surface area contributed by atoms with Crippen molar-refractivity contribution >= 4 is 22.7 Å². The number of nitrogens with one attached hydrogen (secondary N) is 2. The zero-order chi connectivity index (χ0) is 18.5. The Morgan fingerprint density at radius 3 is 2.46 bits per heavy atom. The number of nitrogens with zero attached hydrogens (tertiary/aromatic N) is 1. The number of ether oxygens (including phenoxy) is 1. The normalized spacial score (nSPS) is 10.3. The molecule has 0 aliphatic rings. The fourth-order valence-electron chi connectivity index (χ4n) is 2.70. The Morgan fingerprint density at radius 1 is 1.04 bits per heavy atom. The molecular weight excluding hydrogens is 330 g/mol. The number of benzene rings is 2. The van der Waals surface area contributed by atoms with Gasteiger partial charge in [-0.15, -0.1) is 0 Å². The van der Waals surface area contributed by atoms with E-state index < -0.39 is 5.91 Å². The van der Waals surface area contributed by atoms with Gasteiger partial charge in [-0.2, -0.15) is 0 Å². The van der Waals surface area contributed by atoms with Gasteiger partial charge in [0.05, 0.1) is 11.1 Å². The molecule has 1 heterocycles. The predicted molar refractivity (Wildman–Crippen MR) is 100.0 cm³/mol. The van der Waals surface area contributed by atoms with E-state index in [1.807, 2.05) is 35.9 Å². The van der Waals surface area contributed by atoms with Crippen molar-refractivity contribution in [3.05, 3.63) is 78.5 Å². The van der Waals surface area contributed by atoms with Crippen LogP contribution in [-0.2, 0) is 7.05 Å². The molecule has 2 aromatic carbocycles. The fourth-order valence-corrected chi connectivity index (χ4v) is 2.70. The van der Waals surface area contributed by atoms with E-state index in [1.54, 1.807) is 36.5 Å². The maximum absolute atomic E-state index is 12.5. The summed E-state index contributed by atoms with van der Waals surface area (Å²) in [5.74, 6) is -0.429. The van der Waals surface area contributed by atoms with Gasteiger partial charge < -0.3 is 9.30 Å². The van der Waals surface area contributed by atoms with Crippen LogP contribution in [0.15, 0.2) is 67.4 Å². The molecule has 0 fully saturated rings. The molecule has 0 aliphatic heterocycles. The lowest BCUT2D eigenvalue weighted by Crippen LogP contribution is -2.41. The van der Waals surface area contributed by atoms with E-state index in [4.69, 9.17) is 4.74 Å². The number of rotatable bonds is 5. The van der Waals surface area contributed by atoms with Crippen LogP contribution in [0.5, 0.6) is 5.75 Å². The molecule has 132 valence electrons. The molecular formula is C20H19N3O3. The maximum Gasteiger partial charge on any atom is 0.273 e. The number of aromatic nitrogens is 1. The smallest absolute Gasteiger partial charge is 0.273 e. The lowest BCUT2D eigenvalue weighted by atomic mass is 10.1. The van der Waals surface area contributed by atoms with E-state index in [9.17, 15) is 9.59 Å². The SMILES string of the molecule is C=CCOc1ccccc1C(=O)NNC(=O)c1cn(C)c2ccccc12. The Hall–Kier alpha value is -3.54. The summed E-state index contributed by atoms with van der Waals surface area (Å²) in [5, 5.41) is 0.816. The molecule has 26 heavy (non-hydrogen) atoms. The van der Waals surface area contributed by atoms with Crippen LogP contribution >= 0.6 is 0 Å². The molecule has 3 aromatic rings. The maximum atomic E-state index is 12.5. The largest absolute Gasteiger partial charge is 0.489 e. The molecule has 0 atom stereocenters. The van der Waals surface area contributed by atoms with Crippen LogP contribution < -0.4 is 15.6 Å². The molecule has 6 nitrogen and oxygen atoms in total. The van der Waals surface area contributed by atoms with Crippen molar-refractivity contribution in [2.24, 2.45) is 7.05 Å². The van der Waals surface area contributed by atoms with Gasteiger partial charge in [-0.3, -0.25) is 20.4 Å². The van der Waals surface area contributed by atoms with E-state index in [1.165, 1.54) is 0 Å². The minimum absolute atomic E-state index is 0.284. The number of carbonyl (C=O) groups excluding carboxylic acids is 2. The summed E-state index contributed by atoms with van der Waals surface area (Å²) in [7, 11) is 1.87. The van der Waals surface area contributed by atoms with Gasteiger partial charge in [0.1, 0.15) is 12.4 Å². The standard InChI is InChI=1S/C20H19N3O3/c1-3-12-26-18-11-7-5-9-15(18)19(24)21-22-20(25)16-13-23(2)17-10-6-4-8-14(16)17/h3-11,13H,1,12H2,2H3,(H,21,24)(H,22,25). The second kappa shape index (κ2) is 7.57. The molecule has 0 saturated heterocycles. The van der Waals surface area contributed by atoms with Crippen molar-refractivity contribution in [2.45, 2.75) is 0 Å². The van der Waals surface area contributed by atoms with Crippen LogP contribution in [0.1, 0.15) is 20.7 Å². The minimum Gasteiger partial charge on any atom is -0.489 e. The summed E-state index contributed by atoms with van der Waals surface area (Å²) in [6.45, 7) is 3.87. The lowest BCUT2D eigenvalue weighted by molar-refractivity contribution is 0.0845. The summed E-state index contributed by atoms with van der Waals surface area (Å²) in [5.41, 5.74) is 6.64. The number of amides is 2. The molecule has 0 bridgehead atoms. The predicted octanol–water partition coefficient (Wildman–Crippen LogP) is 2.82. The number of hydrazine groups is 1. The number of hydrogen-bond acceptors (Lipinski definition) is 3. The molecule has 6 heteroatoms. The van der Waals surface area contributed by atoms with Gasteiger partial charge in [-0.1, -0.05) is 43.0 Å². The number of carbonyl (C=O) groups is 2. The molecule has 0 saturated carbocycles. The van der Waals surface area contributed by atoms with Crippen LogP contribution in [0.25, 0.3) is 10.9 Å². The van der Waals surface area contributed by atoms with Crippen molar-refractivity contribution in [3.63, 3.8) is 0 Å². The lowest BCUT2D eigenvalue weighted by Gasteiger charge is -2.11. The van der Waals surface area contributed by atoms with Gasteiger partial charge in [0.2, 0.25) is 0 Å². The summed E-state index contributed by atoms with van der Waals surface area (Å²) in [4.78, 5) is 24.9. The summed E-state index contributed by atoms with van der Waals surface area (Å²) >= 11 is 0. The quantitative estimate of drug-likeness (QED) is 0.550. The van der Waals surface area contributed by atoms with Crippen molar-refractivity contribution in [1.29, 1.82) is 0 Å². The molecule has 2 N–H and O–H groups in total. The molecule has 0 spiro atoms. The molecule has 3 rings (SSSR count). The Kier molecular flexibility index (Phi) is 5.03. The Bertz CT molecular complexity index is 975. The van der Waals surface area contributed by atoms with Crippen LogP contribution in [0.2, 0.25) is 0 Å². The number of fused-ring (bicyclic) bond motifs is 1. The average molecular weight is 349 g/mol.